The zero-order chi connectivity index (χ0) is 19.0. The molecule has 2 fully saturated rings. The minimum absolute atomic E-state index is 0.120. The summed E-state index contributed by atoms with van der Waals surface area (Å²) in [6.45, 7) is 8.19. The highest BCUT2D eigenvalue weighted by atomic mass is 16.2. The Morgan fingerprint density at radius 1 is 1.11 bits per heavy atom. The zero-order valence-corrected chi connectivity index (χ0v) is 17.1. The number of hydrogen-bond acceptors (Lipinski definition) is 2. The van der Waals surface area contributed by atoms with Crippen LogP contribution in [0.4, 0.5) is 0 Å². The number of nitrogens with zero attached hydrogens (tertiary/aromatic N) is 3. The van der Waals surface area contributed by atoms with E-state index in [1.807, 2.05) is 4.90 Å². The zero-order valence-electron chi connectivity index (χ0n) is 17.1. The van der Waals surface area contributed by atoms with E-state index in [1.165, 1.54) is 44.0 Å². The van der Waals surface area contributed by atoms with Gasteiger partial charge in [-0.25, -0.2) is 4.98 Å². The van der Waals surface area contributed by atoms with E-state index in [4.69, 9.17) is 4.98 Å². The fraction of sp³-hybridized carbons (Fsp3) is 0.652. The van der Waals surface area contributed by atoms with Crippen molar-refractivity contribution in [2.45, 2.75) is 83.7 Å². The molecule has 1 atom stereocenters. The molecule has 2 heterocycles. The van der Waals surface area contributed by atoms with E-state index in [2.05, 4.69) is 49.6 Å². The average molecular weight is 368 g/mol. The molecule has 4 heteroatoms. The monoisotopic (exact) mass is 367 g/mol. The minimum atomic E-state index is -0.120. The molecule has 2 aromatic rings. The molecule has 1 unspecified atom stereocenters. The van der Waals surface area contributed by atoms with Crippen molar-refractivity contribution in [1.82, 2.24) is 14.5 Å². The second kappa shape index (κ2) is 7.29. The highest BCUT2D eigenvalue weighted by Crippen LogP contribution is 2.35. The summed E-state index contributed by atoms with van der Waals surface area (Å²) >= 11 is 0. The second-order valence-electron chi connectivity index (χ2n) is 9.48. The molecule has 0 spiro atoms. The minimum Gasteiger partial charge on any atom is -0.337 e. The smallest absolute Gasteiger partial charge is 0.223 e. The number of para-hydroxylation sites is 2. The van der Waals surface area contributed by atoms with E-state index < -0.39 is 0 Å². The van der Waals surface area contributed by atoms with E-state index in [1.54, 1.807) is 0 Å². The van der Waals surface area contributed by atoms with Gasteiger partial charge in [-0.2, -0.15) is 0 Å². The molecule has 4 nitrogen and oxygen atoms in total. The van der Waals surface area contributed by atoms with Gasteiger partial charge in [-0.3, -0.25) is 4.79 Å². The summed E-state index contributed by atoms with van der Waals surface area (Å²) < 4.78 is 2.42. The molecular formula is C23H33N3O. The molecule has 0 N–H and O–H groups in total. The highest BCUT2D eigenvalue weighted by molar-refractivity contribution is 5.81. The molecule has 1 aromatic carbocycles. The number of carbonyl (C=O) groups excluding carboxylic acids is 1. The first-order valence-electron chi connectivity index (χ1n) is 10.7. The van der Waals surface area contributed by atoms with Crippen molar-refractivity contribution < 1.29 is 4.79 Å². The van der Waals surface area contributed by atoms with Crippen LogP contribution in [0.5, 0.6) is 0 Å². The Balaban J connectivity index is 1.61. The van der Waals surface area contributed by atoms with Gasteiger partial charge in [-0.1, -0.05) is 44.2 Å². The van der Waals surface area contributed by atoms with Crippen molar-refractivity contribution in [3.8, 4) is 0 Å². The maximum absolute atomic E-state index is 12.6. The molecule has 2 aliphatic rings. The number of hydrogen-bond donors (Lipinski definition) is 0. The second-order valence-corrected chi connectivity index (χ2v) is 9.48. The van der Waals surface area contributed by atoms with Crippen LogP contribution < -0.4 is 0 Å². The van der Waals surface area contributed by atoms with Crippen LogP contribution in [0.1, 0.15) is 77.5 Å². The van der Waals surface area contributed by atoms with E-state index in [0.717, 1.165) is 30.3 Å². The lowest BCUT2D eigenvalue weighted by Gasteiger charge is -2.32. The lowest BCUT2D eigenvalue weighted by atomic mass is 9.87. The van der Waals surface area contributed by atoms with Crippen LogP contribution in [-0.4, -0.2) is 32.4 Å². The van der Waals surface area contributed by atoms with Crippen LogP contribution >= 0.6 is 0 Å². The Kier molecular flexibility index (Phi) is 5.00. The molecule has 27 heavy (non-hydrogen) atoms. The Labute approximate surface area is 163 Å². The molecule has 1 saturated carbocycles. The largest absolute Gasteiger partial charge is 0.337 e. The van der Waals surface area contributed by atoms with Crippen LogP contribution in [-0.2, 0) is 11.3 Å². The van der Waals surface area contributed by atoms with Gasteiger partial charge < -0.3 is 9.47 Å². The molecule has 4 rings (SSSR count). The third-order valence-electron chi connectivity index (χ3n) is 6.47. The number of likely N-dealkylation sites (tertiary alicyclic amines) is 1. The fourth-order valence-corrected chi connectivity index (χ4v) is 4.96. The SMILES string of the molecule is CC(C)(C)N1CC(c2nc3ccccc3n2CCC2CCCCC2)CC1=O. The van der Waals surface area contributed by atoms with Gasteiger partial charge >= 0.3 is 0 Å². The average Bonchev–Trinajstić information content (AvgIpc) is 3.21. The number of rotatable bonds is 4. The number of amides is 1. The van der Waals surface area contributed by atoms with Gasteiger partial charge in [0, 0.05) is 31.0 Å². The number of imidazole rings is 1. The van der Waals surface area contributed by atoms with Crippen LogP contribution in [0.3, 0.4) is 0 Å². The predicted molar refractivity (Wildman–Crippen MR) is 110 cm³/mol. The van der Waals surface area contributed by atoms with E-state index >= 15 is 0 Å². The summed E-state index contributed by atoms with van der Waals surface area (Å²) in [7, 11) is 0. The number of aryl methyl sites for hydroxylation is 1. The Morgan fingerprint density at radius 3 is 2.56 bits per heavy atom. The molecule has 1 aromatic heterocycles. The number of fused-ring (bicyclic) bond motifs is 1. The third kappa shape index (κ3) is 3.76. The number of aromatic nitrogens is 2. The highest BCUT2D eigenvalue weighted by Gasteiger charge is 2.39. The molecule has 1 aliphatic heterocycles. The van der Waals surface area contributed by atoms with E-state index in [9.17, 15) is 4.79 Å². The Hall–Kier alpha value is -1.84. The van der Waals surface area contributed by atoms with E-state index in [-0.39, 0.29) is 17.4 Å². The van der Waals surface area contributed by atoms with Crippen molar-refractivity contribution in [2.75, 3.05) is 6.54 Å². The van der Waals surface area contributed by atoms with Crippen LogP contribution in [0.15, 0.2) is 24.3 Å². The van der Waals surface area contributed by atoms with Crippen molar-refractivity contribution >= 4 is 16.9 Å². The van der Waals surface area contributed by atoms with Crippen molar-refractivity contribution in [1.29, 1.82) is 0 Å². The van der Waals surface area contributed by atoms with Gasteiger partial charge in [0.2, 0.25) is 5.91 Å². The summed E-state index contributed by atoms with van der Waals surface area (Å²) in [4.78, 5) is 19.6. The predicted octanol–water partition coefficient (Wildman–Crippen LogP) is 5.12. The van der Waals surface area contributed by atoms with Gasteiger partial charge in [0.25, 0.3) is 0 Å². The number of carbonyl (C=O) groups is 1. The van der Waals surface area contributed by atoms with Crippen molar-refractivity contribution in [2.24, 2.45) is 5.92 Å². The summed E-state index contributed by atoms with van der Waals surface area (Å²) in [5, 5.41) is 0. The fourth-order valence-electron chi connectivity index (χ4n) is 4.96. The quantitative estimate of drug-likeness (QED) is 0.752. The van der Waals surface area contributed by atoms with Gasteiger partial charge in [-0.15, -0.1) is 0 Å². The molecule has 146 valence electrons. The molecule has 1 saturated heterocycles. The van der Waals surface area contributed by atoms with Crippen LogP contribution in [0.25, 0.3) is 11.0 Å². The van der Waals surface area contributed by atoms with Crippen LogP contribution in [0.2, 0.25) is 0 Å². The molecular weight excluding hydrogens is 334 g/mol. The first kappa shape index (κ1) is 18.5. The van der Waals surface area contributed by atoms with Crippen molar-refractivity contribution in [3.05, 3.63) is 30.1 Å². The Bertz CT molecular complexity index is 811. The molecule has 1 aliphatic carbocycles. The summed E-state index contributed by atoms with van der Waals surface area (Å²) in [6.07, 6.45) is 8.76. The standard InChI is InChI=1S/C23H33N3O/c1-23(2,3)26-16-18(15-21(26)27)22-24-19-11-7-8-12-20(19)25(22)14-13-17-9-5-4-6-10-17/h7-8,11-12,17-18H,4-6,9-10,13-16H2,1-3H3. The van der Waals surface area contributed by atoms with Crippen LogP contribution in [0, 0.1) is 5.92 Å². The lowest BCUT2D eigenvalue weighted by Crippen LogP contribution is -2.42. The number of benzene rings is 1. The first-order valence-corrected chi connectivity index (χ1v) is 10.7. The Morgan fingerprint density at radius 2 is 1.85 bits per heavy atom. The summed E-state index contributed by atoms with van der Waals surface area (Å²) in [5.74, 6) is 2.44. The summed E-state index contributed by atoms with van der Waals surface area (Å²) in [5.41, 5.74) is 2.17. The molecule has 0 radical (unpaired) electrons. The third-order valence-corrected chi connectivity index (χ3v) is 6.47. The lowest BCUT2D eigenvalue weighted by molar-refractivity contribution is -0.131. The van der Waals surface area contributed by atoms with Gasteiger partial charge in [0.05, 0.1) is 11.0 Å². The van der Waals surface area contributed by atoms with E-state index in [0.29, 0.717) is 6.42 Å². The van der Waals surface area contributed by atoms with Gasteiger partial charge in [-0.05, 0) is 45.2 Å². The maximum Gasteiger partial charge on any atom is 0.223 e. The summed E-state index contributed by atoms with van der Waals surface area (Å²) in [6, 6.07) is 8.46. The normalized spacial score (nSPS) is 22.1. The molecule has 0 bridgehead atoms. The van der Waals surface area contributed by atoms with Gasteiger partial charge in [0.1, 0.15) is 5.82 Å². The molecule has 1 amide bonds. The van der Waals surface area contributed by atoms with Crippen molar-refractivity contribution in [3.63, 3.8) is 0 Å². The van der Waals surface area contributed by atoms with Gasteiger partial charge in [0.15, 0.2) is 0 Å². The first-order chi connectivity index (χ1) is 12.9. The topological polar surface area (TPSA) is 38.1 Å². The maximum atomic E-state index is 12.6.